The molecule has 2 aliphatic carbocycles. The minimum absolute atomic E-state index is 0.150. The number of rotatable bonds is 5. The highest BCUT2D eigenvalue weighted by Gasteiger charge is 2.28. The van der Waals surface area contributed by atoms with Gasteiger partial charge in [-0.2, -0.15) is 0 Å². The van der Waals surface area contributed by atoms with Crippen molar-refractivity contribution < 1.29 is 14.3 Å². The van der Waals surface area contributed by atoms with Gasteiger partial charge in [-0.05, 0) is 62.4 Å². The third kappa shape index (κ3) is 3.93. The molecule has 28 heavy (non-hydrogen) atoms. The molecule has 1 aliphatic heterocycles. The van der Waals surface area contributed by atoms with E-state index in [0.717, 1.165) is 49.2 Å². The zero-order valence-electron chi connectivity index (χ0n) is 16.9. The summed E-state index contributed by atoms with van der Waals surface area (Å²) in [5.74, 6) is 1.96. The van der Waals surface area contributed by atoms with Crippen molar-refractivity contribution in [2.24, 2.45) is 5.92 Å². The minimum Gasteiger partial charge on any atom is -0.493 e. The Morgan fingerprint density at radius 2 is 1.89 bits per heavy atom. The summed E-state index contributed by atoms with van der Waals surface area (Å²) in [5, 5.41) is 0. The Balaban J connectivity index is 1.39. The number of benzene rings is 1. The van der Waals surface area contributed by atoms with Crippen molar-refractivity contribution in [1.29, 1.82) is 0 Å². The highest BCUT2D eigenvalue weighted by molar-refractivity contribution is 6.13. The lowest BCUT2D eigenvalue weighted by molar-refractivity contribution is 0.103. The normalized spacial score (nSPS) is 21.7. The Bertz CT molecular complexity index is 842. The monoisotopic (exact) mass is 379 g/mol. The molecular formula is C24H29NO3. The minimum atomic E-state index is 0.150. The molecule has 0 aromatic heterocycles. The molecule has 1 fully saturated rings. The van der Waals surface area contributed by atoms with Crippen LogP contribution in [0.15, 0.2) is 47.6 Å². The fourth-order valence-corrected chi connectivity index (χ4v) is 4.51. The molecule has 0 amide bonds. The molecule has 0 saturated carbocycles. The molecule has 0 bridgehead atoms. The van der Waals surface area contributed by atoms with E-state index < -0.39 is 0 Å². The number of ether oxygens (including phenoxy) is 2. The van der Waals surface area contributed by atoms with Gasteiger partial charge in [-0.3, -0.25) is 9.69 Å². The van der Waals surface area contributed by atoms with Crippen molar-refractivity contribution in [2.45, 2.75) is 32.1 Å². The average molecular weight is 380 g/mol. The number of likely N-dealkylation sites (tertiary alicyclic amines) is 1. The van der Waals surface area contributed by atoms with Gasteiger partial charge < -0.3 is 9.47 Å². The number of nitrogens with zero attached hydrogens (tertiary/aromatic N) is 1. The highest BCUT2D eigenvalue weighted by Crippen LogP contribution is 2.37. The number of hydrogen-bond acceptors (Lipinski definition) is 4. The average Bonchev–Trinajstić information content (AvgIpc) is 3.03. The molecule has 1 aromatic carbocycles. The van der Waals surface area contributed by atoms with Gasteiger partial charge in [-0.15, -0.1) is 0 Å². The van der Waals surface area contributed by atoms with Crippen LogP contribution in [0.1, 0.15) is 41.6 Å². The summed E-state index contributed by atoms with van der Waals surface area (Å²) >= 11 is 0. The maximum absolute atomic E-state index is 12.9. The fourth-order valence-electron chi connectivity index (χ4n) is 4.51. The van der Waals surface area contributed by atoms with E-state index in [1.54, 1.807) is 19.8 Å². The smallest absolute Gasteiger partial charge is 0.189 e. The van der Waals surface area contributed by atoms with E-state index in [-0.39, 0.29) is 5.78 Å². The lowest BCUT2D eigenvalue weighted by Crippen LogP contribution is -2.34. The van der Waals surface area contributed by atoms with Gasteiger partial charge in [-0.1, -0.05) is 29.9 Å². The number of carbonyl (C=O) groups is 1. The first-order chi connectivity index (χ1) is 13.7. The lowest BCUT2D eigenvalue weighted by Gasteiger charge is -2.31. The molecular weight excluding hydrogens is 350 g/mol. The van der Waals surface area contributed by atoms with Crippen LogP contribution in [0.4, 0.5) is 0 Å². The van der Waals surface area contributed by atoms with Gasteiger partial charge in [-0.25, -0.2) is 0 Å². The maximum Gasteiger partial charge on any atom is 0.189 e. The first-order valence-electron chi connectivity index (χ1n) is 10.2. The Kier molecular flexibility index (Phi) is 5.67. The third-order valence-electron chi connectivity index (χ3n) is 6.12. The number of methoxy groups -OCH3 is 2. The molecule has 0 spiro atoms. The summed E-state index contributed by atoms with van der Waals surface area (Å²) in [6.45, 7) is 3.31. The second-order valence-electron chi connectivity index (χ2n) is 7.97. The van der Waals surface area contributed by atoms with E-state index in [0.29, 0.717) is 23.8 Å². The second-order valence-corrected chi connectivity index (χ2v) is 7.97. The number of piperidine rings is 1. The highest BCUT2D eigenvalue weighted by atomic mass is 16.5. The summed E-state index contributed by atoms with van der Waals surface area (Å²) < 4.78 is 10.7. The molecule has 4 nitrogen and oxygen atoms in total. The van der Waals surface area contributed by atoms with Gasteiger partial charge in [0.2, 0.25) is 0 Å². The number of Topliss-reactive ketones (excluding diaryl/α,β-unsaturated/α-hetero) is 1. The second kappa shape index (κ2) is 8.36. The molecule has 3 aliphatic rings. The van der Waals surface area contributed by atoms with Gasteiger partial charge in [0.15, 0.2) is 17.3 Å². The van der Waals surface area contributed by atoms with Crippen molar-refractivity contribution in [3.05, 3.63) is 58.7 Å². The molecule has 1 heterocycles. The zero-order chi connectivity index (χ0) is 19.5. The van der Waals surface area contributed by atoms with E-state index in [9.17, 15) is 4.79 Å². The van der Waals surface area contributed by atoms with Crippen LogP contribution >= 0.6 is 0 Å². The predicted octanol–water partition coefficient (Wildman–Crippen LogP) is 4.36. The van der Waals surface area contributed by atoms with Gasteiger partial charge in [0.1, 0.15) is 0 Å². The van der Waals surface area contributed by atoms with E-state index in [1.807, 2.05) is 12.1 Å². The van der Waals surface area contributed by atoms with Crippen LogP contribution in [-0.4, -0.2) is 44.5 Å². The van der Waals surface area contributed by atoms with Crippen molar-refractivity contribution in [3.8, 4) is 11.5 Å². The molecule has 148 valence electrons. The number of allylic oxidation sites excluding steroid dienone is 5. The van der Waals surface area contributed by atoms with Crippen LogP contribution < -0.4 is 9.47 Å². The quantitative estimate of drug-likeness (QED) is 0.713. The molecule has 0 atom stereocenters. The van der Waals surface area contributed by atoms with Gasteiger partial charge in [0.25, 0.3) is 0 Å². The zero-order valence-corrected chi connectivity index (χ0v) is 16.9. The number of hydrogen-bond donors (Lipinski definition) is 0. The Hall–Kier alpha value is -2.33. The Morgan fingerprint density at radius 3 is 2.57 bits per heavy atom. The first-order valence-corrected chi connectivity index (χ1v) is 10.2. The molecule has 0 unspecified atom stereocenters. The summed E-state index contributed by atoms with van der Waals surface area (Å²) in [7, 11) is 3.24. The standard InChI is InChI=1S/C24H29NO3/c1-27-22-14-19-13-20(24(26)21(19)15-23(22)28-2)12-17-8-10-25(11-9-17)16-18-6-4-3-5-7-18/h3-4,6,12,14-15,17H,5,7-11,13,16H2,1-2H3. The molecule has 4 heteroatoms. The van der Waals surface area contributed by atoms with Gasteiger partial charge in [0, 0.05) is 24.1 Å². The van der Waals surface area contributed by atoms with Crippen LogP contribution in [0.3, 0.4) is 0 Å². The molecule has 0 N–H and O–H groups in total. The van der Waals surface area contributed by atoms with Crippen molar-refractivity contribution in [2.75, 3.05) is 33.9 Å². The Labute approximate surface area is 167 Å². The number of fused-ring (bicyclic) bond motifs is 1. The van der Waals surface area contributed by atoms with Crippen molar-refractivity contribution in [3.63, 3.8) is 0 Å². The first kappa shape index (κ1) is 19.0. The van der Waals surface area contributed by atoms with Crippen LogP contribution in [0.25, 0.3) is 0 Å². The summed E-state index contributed by atoms with van der Waals surface area (Å²) in [4.78, 5) is 15.4. The van der Waals surface area contributed by atoms with E-state index >= 15 is 0 Å². The largest absolute Gasteiger partial charge is 0.493 e. The lowest BCUT2D eigenvalue weighted by atomic mass is 9.92. The summed E-state index contributed by atoms with van der Waals surface area (Å²) in [5.41, 5.74) is 4.29. The molecule has 0 radical (unpaired) electrons. The Morgan fingerprint density at radius 1 is 1.14 bits per heavy atom. The third-order valence-corrected chi connectivity index (χ3v) is 6.12. The van der Waals surface area contributed by atoms with Gasteiger partial charge in [0.05, 0.1) is 14.2 Å². The van der Waals surface area contributed by atoms with Gasteiger partial charge >= 0.3 is 0 Å². The van der Waals surface area contributed by atoms with Crippen LogP contribution in [-0.2, 0) is 6.42 Å². The molecule has 1 saturated heterocycles. The van der Waals surface area contributed by atoms with E-state index in [2.05, 4.69) is 29.2 Å². The number of ketones is 1. The predicted molar refractivity (Wildman–Crippen MR) is 111 cm³/mol. The molecule has 1 aromatic rings. The maximum atomic E-state index is 12.9. The fraction of sp³-hybridized carbons (Fsp3) is 0.458. The van der Waals surface area contributed by atoms with Crippen LogP contribution in [0.2, 0.25) is 0 Å². The van der Waals surface area contributed by atoms with Crippen molar-refractivity contribution >= 4 is 5.78 Å². The molecule has 4 rings (SSSR count). The summed E-state index contributed by atoms with van der Waals surface area (Å²) in [6.07, 6.45) is 14.3. The van der Waals surface area contributed by atoms with E-state index in [4.69, 9.17) is 9.47 Å². The summed E-state index contributed by atoms with van der Waals surface area (Å²) in [6, 6.07) is 3.77. The topological polar surface area (TPSA) is 38.8 Å². The number of carbonyl (C=O) groups excluding carboxylic acids is 1. The van der Waals surface area contributed by atoms with Crippen LogP contribution in [0, 0.1) is 5.92 Å². The SMILES string of the molecule is COc1cc2c(cc1OC)C(=O)C(=CC1CCN(CC3=CC=CCC3)CC1)C2. The van der Waals surface area contributed by atoms with Crippen molar-refractivity contribution in [1.82, 2.24) is 4.90 Å². The van der Waals surface area contributed by atoms with Crippen LogP contribution in [0.5, 0.6) is 11.5 Å². The van der Waals surface area contributed by atoms with E-state index in [1.165, 1.54) is 12.8 Å².